The molecule has 1 aliphatic heterocycles. The molecule has 4 heteroatoms. The first kappa shape index (κ1) is 10.9. The van der Waals surface area contributed by atoms with E-state index in [4.69, 9.17) is 9.47 Å². The molecule has 78 valence electrons. The van der Waals surface area contributed by atoms with Crippen molar-refractivity contribution in [1.29, 1.82) is 0 Å². The minimum atomic E-state index is -0.876. The van der Waals surface area contributed by atoms with Gasteiger partial charge in [0.15, 0.2) is 6.10 Å². The summed E-state index contributed by atoms with van der Waals surface area (Å²) in [6.07, 6.45) is 0.428. The molecule has 1 N–H and O–H groups in total. The maximum atomic E-state index is 10.8. The van der Waals surface area contributed by atoms with Crippen molar-refractivity contribution in [2.24, 2.45) is 0 Å². The van der Waals surface area contributed by atoms with Crippen LogP contribution in [-0.4, -0.2) is 35.5 Å². The molecule has 0 saturated carbocycles. The standard InChI is InChI=1S/C10H14O4/c1-4-7-9(12)10(13-6(3)11)8(5-2)14-7/h4-5,7-10,12H,1-2H2,3H3/t7-,8+,9-,10+/m1/s1. The van der Waals surface area contributed by atoms with Crippen molar-refractivity contribution >= 4 is 5.97 Å². The summed E-state index contributed by atoms with van der Waals surface area (Å²) in [5, 5.41) is 9.68. The van der Waals surface area contributed by atoms with E-state index in [0.717, 1.165) is 0 Å². The number of hydrogen-bond acceptors (Lipinski definition) is 4. The summed E-state index contributed by atoms with van der Waals surface area (Å²) >= 11 is 0. The summed E-state index contributed by atoms with van der Waals surface area (Å²) in [4.78, 5) is 10.8. The van der Waals surface area contributed by atoms with Gasteiger partial charge >= 0.3 is 5.97 Å². The lowest BCUT2D eigenvalue weighted by molar-refractivity contribution is -0.151. The number of hydrogen-bond donors (Lipinski definition) is 1. The van der Waals surface area contributed by atoms with E-state index in [2.05, 4.69) is 13.2 Å². The number of carbonyl (C=O) groups is 1. The molecule has 1 saturated heterocycles. The van der Waals surface area contributed by atoms with Gasteiger partial charge in [-0.1, -0.05) is 12.2 Å². The van der Waals surface area contributed by atoms with Gasteiger partial charge in [-0.05, 0) is 0 Å². The maximum absolute atomic E-state index is 10.8. The first-order valence-corrected chi connectivity index (χ1v) is 4.36. The van der Waals surface area contributed by atoms with Crippen molar-refractivity contribution in [2.45, 2.75) is 31.3 Å². The van der Waals surface area contributed by atoms with Crippen molar-refractivity contribution in [3.05, 3.63) is 25.3 Å². The quantitative estimate of drug-likeness (QED) is 0.527. The number of aliphatic hydroxyl groups excluding tert-OH is 1. The molecular weight excluding hydrogens is 184 g/mol. The van der Waals surface area contributed by atoms with Gasteiger partial charge in [0.25, 0.3) is 0 Å². The first-order chi connectivity index (χ1) is 6.60. The lowest BCUT2D eigenvalue weighted by atomic mass is 10.1. The number of ether oxygens (including phenoxy) is 2. The third kappa shape index (κ3) is 2.02. The zero-order valence-electron chi connectivity index (χ0n) is 8.05. The van der Waals surface area contributed by atoms with Crippen LogP contribution in [0.2, 0.25) is 0 Å². The normalized spacial score (nSPS) is 36.4. The summed E-state index contributed by atoms with van der Waals surface area (Å²) in [6, 6.07) is 0. The maximum Gasteiger partial charge on any atom is 0.303 e. The molecule has 0 radical (unpaired) electrons. The van der Waals surface area contributed by atoms with Gasteiger partial charge in [-0.3, -0.25) is 4.79 Å². The summed E-state index contributed by atoms with van der Waals surface area (Å²) in [5.74, 6) is -0.450. The molecule has 0 aliphatic carbocycles. The van der Waals surface area contributed by atoms with Gasteiger partial charge in [-0.25, -0.2) is 0 Å². The van der Waals surface area contributed by atoms with Crippen molar-refractivity contribution in [3.63, 3.8) is 0 Å². The topological polar surface area (TPSA) is 55.8 Å². The zero-order chi connectivity index (χ0) is 10.7. The molecule has 0 aromatic heterocycles. The number of aliphatic hydroxyl groups is 1. The zero-order valence-corrected chi connectivity index (χ0v) is 8.05. The molecule has 0 spiro atoms. The van der Waals surface area contributed by atoms with Crippen LogP contribution in [0.1, 0.15) is 6.92 Å². The molecule has 0 aromatic rings. The van der Waals surface area contributed by atoms with E-state index in [1.165, 1.54) is 19.1 Å². The summed E-state index contributed by atoms with van der Waals surface area (Å²) in [6.45, 7) is 8.34. The lowest BCUT2D eigenvalue weighted by Crippen LogP contribution is -2.35. The van der Waals surface area contributed by atoms with E-state index in [1.54, 1.807) is 0 Å². The molecule has 1 rings (SSSR count). The summed E-state index contributed by atoms with van der Waals surface area (Å²) in [5.41, 5.74) is 0. The third-order valence-corrected chi connectivity index (χ3v) is 2.08. The SMILES string of the molecule is C=C[C@@H]1O[C@H](C=C)[C@@H](O)[C@H]1OC(C)=O. The van der Waals surface area contributed by atoms with Crippen LogP contribution < -0.4 is 0 Å². The van der Waals surface area contributed by atoms with Gasteiger partial charge in [-0.15, -0.1) is 13.2 Å². The Hall–Kier alpha value is -1.13. The highest BCUT2D eigenvalue weighted by Crippen LogP contribution is 2.25. The molecule has 1 fully saturated rings. The third-order valence-electron chi connectivity index (χ3n) is 2.08. The second-order valence-electron chi connectivity index (χ2n) is 3.10. The molecule has 0 unspecified atom stereocenters. The Morgan fingerprint density at radius 3 is 2.43 bits per heavy atom. The Kier molecular flexibility index (Phi) is 3.43. The smallest absolute Gasteiger partial charge is 0.303 e. The van der Waals surface area contributed by atoms with E-state index in [-0.39, 0.29) is 0 Å². The molecular formula is C10H14O4. The fraction of sp³-hybridized carbons (Fsp3) is 0.500. The van der Waals surface area contributed by atoms with Crippen LogP contribution in [0.15, 0.2) is 25.3 Å². The van der Waals surface area contributed by atoms with Gasteiger partial charge in [0.1, 0.15) is 18.3 Å². The Morgan fingerprint density at radius 1 is 1.43 bits per heavy atom. The molecule has 0 aromatic carbocycles. The summed E-state index contributed by atoms with van der Waals surface area (Å²) < 4.78 is 10.2. The molecule has 14 heavy (non-hydrogen) atoms. The monoisotopic (exact) mass is 198 g/mol. The Balaban J connectivity index is 2.74. The van der Waals surface area contributed by atoms with E-state index in [9.17, 15) is 9.90 Å². The average molecular weight is 198 g/mol. The molecule has 1 aliphatic rings. The Bertz CT molecular complexity index is 249. The molecule has 0 bridgehead atoms. The molecule has 4 atom stereocenters. The van der Waals surface area contributed by atoms with E-state index < -0.39 is 30.4 Å². The van der Waals surface area contributed by atoms with Crippen LogP contribution in [-0.2, 0) is 14.3 Å². The minimum Gasteiger partial charge on any atom is -0.457 e. The van der Waals surface area contributed by atoms with E-state index in [0.29, 0.717) is 0 Å². The van der Waals surface area contributed by atoms with Gasteiger partial charge in [0.05, 0.1) is 0 Å². The fourth-order valence-corrected chi connectivity index (χ4v) is 1.43. The predicted octanol–water partition coefficient (Wildman–Crippen LogP) is 0.418. The van der Waals surface area contributed by atoms with Crippen LogP contribution in [0, 0.1) is 0 Å². The van der Waals surface area contributed by atoms with E-state index >= 15 is 0 Å². The van der Waals surface area contributed by atoms with Crippen LogP contribution in [0.4, 0.5) is 0 Å². The van der Waals surface area contributed by atoms with Crippen molar-refractivity contribution in [2.75, 3.05) is 0 Å². The van der Waals surface area contributed by atoms with E-state index in [1.807, 2.05) is 0 Å². The van der Waals surface area contributed by atoms with Crippen molar-refractivity contribution in [1.82, 2.24) is 0 Å². The second-order valence-corrected chi connectivity index (χ2v) is 3.10. The van der Waals surface area contributed by atoms with Crippen LogP contribution in [0.25, 0.3) is 0 Å². The number of esters is 1. The van der Waals surface area contributed by atoms with Gasteiger partial charge in [-0.2, -0.15) is 0 Å². The van der Waals surface area contributed by atoms with Crippen LogP contribution >= 0.6 is 0 Å². The van der Waals surface area contributed by atoms with Gasteiger partial charge < -0.3 is 14.6 Å². The average Bonchev–Trinajstić information content (AvgIpc) is 2.43. The fourth-order valence-electron chi connectivity index (χ4n) is 1.43. The van der Waals surface area contributed by atoms with Gasteiger partial charge in [0.2, 0.25) is 0 Å². The molecule has 1 heterocycles. The molecule has 0 amide bonds. The largest absolute Gasteiger partial charge is 0.457 e. The highest BCUT2D eigenvalue weighted by molar-refractivity contribution is 5.66. The number of rotatable bonds is 3. The number of carbonyl (C=O) groups excluding carboxylic acids is 1. The predicted molar refractivity (Wildman–Crippen MR) is 50.6 cm³/mol. The highest BCUT2D eigenvalue weighted by Gasteiger charge is 2.42. The minimum absolute atomic E-state index is 0.450. The summed E-state index contributed by atoms with van der Waals surface area (Å²) in [7, 11) is 0. The lowest BCUT2D eigenvalue weighted by Gasteiger charge is -2.17. The van der Waals surface area contributed by atoms with Crippen molar-refractivity contribution in [3.8, 4) is 0 Å². The molecule has 4 nitrogen and oxygen atoms in total. The highest BCUT2D eigenvalue weighted by atomic mass is 16.6. The Labute approximate surface area is 82.8 Å². The first-order valence-electron chi connectivity index (χ1n) is 4.36. The van der Waals surface area contributed by atoms with Gasteiger partial charge in [0, 0.05) is 6.92 Å². The van der Waals surface area contributed by atoms with Crippen LogP contribution in [0.3, 0.4) is 0 Å². The van der Waals surface area contributed by atoms with Crippen molar-refractivity contribution < 1.29 is 19.4 Å². The van der Waals surface area contributed by atoms with Crippen LogP contribution in [0.5, 0.6) is 0 Å². The Morgan fingerprint density at radius 2 is 2.00 bits per heavy atom. The second kappa shape index (κ2) is 4.39.